The number of rotatable bonds is 2. The molecule has 0 radical (unpaired) electrons. The Hall–Kier alpha value is -3.47. The number of aromatic nitrogens is 3. The van der Waals surface area contributed by atoms with Gasteiger partial charge in [0, 0.05) is 18.2 Å². The summed E-state index contributed by atoms with van der Waals surface area (Å²) >= 11 is 0. The van der Waals surface area contributed by atoms with Gasteiger partial charge < -0.3 is 0 Å². The summed E-state index contributed by atoms with van der Waals surface area (Å²) in [4.78, 5) is 30.4. The number of aryl methyl sites for hydroxylation is 1. The maximum atomic E-state index is 13.2. The standard InChI is InChI=1S/C23H19N3O2/c1-14-6-5-9-17(10-14)26-23(28)21-18-11-16(15-7-3-2-4-8-15)12-20(27)19(18)13-24-22(21)25-26/h2-10,13,16H,11-12H2,1H3,(H,24,25)/t16-/m1/s1. The van der Waals surface area contributed by atoms with Gasteiger partial charge in [0.05, 0.1) is 11.1 Å². The summed E-state index contributed by atoms with van der Waals surface area (Å²) in [5.41, 5.74) is 4.70. The van der Waals surface area contributed by atoms with Crippen LogP contribution in [-0.2, 0) is 6.42 Å². The van der Waals surface area contributed by atoms with Crippen molar-refractivity contribution in [2.75, 3.05) is 0 Å². The summed E-state index contributed by atoms with van der Waals surface area (Å²) in [5.74, 6) is 0.126. The summed E-state index contributed by atoms with van der Waals surface area (Å²) < 4.78 is 1.52. The number of pyridine rings is 1. The van der Waals surface area contributed by atoms with Gasteiger partial charge in [-0.15, -0.1) is 0 Å². The van der Waals surface area contributed by atoms with Gasteiger partial charge in [0.15, 0.2) is 11.4 Å². The van der Waals surface area contributed by atoms with E-state index in [4.69, 9.17) is 0 Å². The van der Waals surface area contributed by atoms with E-state index in [0.717, 1.165) is 22.4 Å². The quantitative estimate of drug-likeness (QED) is 0.582. The number of Topliss-reactive ketones (excluding diaryl/α,β-unsaturated/α-hetero) is 1. The molecular weight excluding hydrogens is 350 g/mol. The molecule has 5 heteroatoms. The van der Waals surface area contributed by atoms with Crippen LogP contribution >= 0.6 is 0 Å². The molecule has 0 aliphatic heterocycles. The van der Waals surface area contributed by atoms with Crippen molar-refractivity contribution in [2.45, 2.75) is 25.7 Å². The molecule has 2 aromatic heterocycles. The van der Waals surface area contributed by atoms with Gasteiger partial charge >= 0.3 is 0 Å². The molecule has 0 bridgehead atoms. The fraction of sp³-hybridized carbons (Fsp3) is 0.174. The molecule has 138 valence electrons. The number of hydrogen-bond donors (Lipinski definition) is 1. The van der Waals surface area contributed by atoms with Crippen molar-refractivity contribution in [3.8, 4) is 5.69 Å². The lowest BCUT2D eigenvalue weighted by atomic mass is 9.79. The Balaban J connectivity index is 1.69. The summed E-state index contributed by atoms with van der Waals surface area (Å²) in [6, 6.07) is 17.8. The van der Waals surface area contributed by atoms with Crippen LogP contribution in [0.4, 0.5) is 0 Å². The van der Waals surface area contributed by atoms with Crippen LogP contribution in [0, 0.1) is 6.92 Å². The summed E-state index contributed by atoms with van der Waals surface area (Å²) in [6.45, 7) is 1.99. The lowest BCUT2D eigenvalue weighted by Crippen LogP contribution is -2.22. The molecular formula is C23H19N3O2. The highest BCUT2D eigenvalue weighted by Gasteiger charge is 2.30. The van der Waals surface area contributed by atoms with Crippen molar-refractivity contribution in [2.24, 2.45) is 0 Å². The third kappa shape index (κ3) is 2.59. The van der Waals surface area contributed by atoms with Crippen molar-refractivity contribution in [1.82, 2.24) is 14.8 Å². The van der Waals surface area contributed by atoms with E-state index >= 15 is 0 Å². The molecule has 2 heterocycles. The fourth-order valence-corrected chi connectivity index (χ4v) is 4.15. The number of benzene rings is 2. The summed E-state index contributed by atoms with van der Waals surface area (Å²) in [5, 5.41) is 3.63. The molecule has 1 aliphatic rings. The molecule has 5 nitrogen and oxygen atoms in total. The number of nitrogens with zero attached hydrogens (tertiary/aromatic N) is 2. The van der Waals surface area contributed by atoms with Gasteiger partial charge in [0.25, 0.3) is 5.56 Å². The molecule has 1 N–H and O–H groups in total. The first-order valence-electron chi connectivity index (χ1n) is 9.39. The van der Waals surface area contributed by atoms with Gasteiger partial charge in [-0.05, 0) is 48.1 Å². The fourth-order valence-electron chi connectivity index (χ4n) is 4.15. The second kappa shape index (κ2) is 6.30. The van der Waals surface area contributed by atoms with E-state index in [1.807, 2.05) is 61.5 Å². The number of H-pyrrole nitrogens is 1. The predicted octanol–water partition coefficient (Wildman–Crippen LogP) is 3.93. The number of carbonyl (C=O) groups is 1. The molecule has 0 amide bonds. The SMILES string of the molecule is Cc1cccc(-n2[nH]c3ncc4c(c3c2=O)C[C@@H](c2ccccc2)CC4=O)c1. The summed E-state index contributed by atoms with van der Waals surface area (Å²) in [6.07, 6.45) is 2.71. The molecule has 0 unspecified atom stereocenters. The Bertz CT molecular complexity index is 1270. The largest absolute Gasteiger partial charge is 0.294 e. The van der Waals surface area contributed by atoms with Crippen molar-refractivity contribution in [1.29, 1.82) is 0 Å². The molecule has 0 saturated heterocycles. The van der Waals surface area contributed by atoms with Crippen LogP contribution < -0.4 is 5.56 Å². The zero-order valence-electron chi connectivity index (χ0n) is 15.5. The van der Waals surface area contributed by atoms with E-state index in [1.54, 1.807) is 6.20 Å². The maximum absolute atomic E-state index is 13.2. The van der Waals surface area contributed by atoms with Crippen molar-refractivity contribution in [3.05, 3.63) is 93.4 Å². The number of fused-ring (bicyclic) bond motifs is 3. The molecule has 0 saturated carbocycles. The number of nitrogens with one attached hydrogen (secondary N) is 1. The Kier molecular flexibility index (Phi) is 3.76. The van der Waals surface area contributed by atoms with Crippen LogP contribution in [0.3, 0.4) is 0 Å². The first kappa shape index (κ1) is 16.7. The van der Waals surface area contributed by atoms with Crippen molar-refractivity contribution in [3.63, 3.8) is 0 Å². The minimum absolute atomic E-state index is 0.0483. The smallest absolute Gasteiger partial charge is 0.281 e. The zero-order valence-corrected chi connectivity index (χ0v) is 15.5. The minimum atomic E-state index is -0.161. The van der Waals surface area contributed by atoms with Crippen LogP contribution in [0.15, 0.2) is 65.6 Å². The zero-order chi connectivity index (χ0) is 19.3. The Morgan fingerprint density at radius 3 is 2.64 bits per heavy atom. The van der Waals surface area contributed by atoms with E-state index in [1.165, 1.54) is 4.68 Å². The molecule has 0 fully saturated rings. The first-order chi connectivity index (χ1) is 13.6. The average Bonchev–Trinajstić information content (AvgIpc) is 3.05. The van der Waals surface area contributed by atoms with Gasteiger partial charge in [-0.1, -0.05) is 42.5 Å². The van der Waals surface area contributed by atoms with Crippen molar-refractivity contribution < 1.29 is 4.79 Å². The number of ketones is 1. The van der Waals surface area contributed by atoms with Crippen molar-refractivity contribution >= 4 is 16.8 Å². The molecule has 5 rings (SSSR count). The van der Waals surface area contributed by atoms with Crippen LogP contribution in [0.25, 0.3) is 16.7 Å². The molecule has 4 aromatic rings. The maximum Gasteiger partial charge on any atom is 0.281 e. The van der Waals surface area contributed by atoms with E-state index < -0.39 is 0 Å². The summed E-state index contributed by atoms with van der Waals surface area (Å²) in [7, 11) is 0. The highest BCUT2D eigenvalue weighted by atomic mass is 16.1. The predicted molar refractivity (Wildman–Crippen MR) is 108 cm³/mol. The minimum Gasteiger partial charge on any atom is -0.294 e. The second-order valence-electron chi connectivity index (χ2n) is 7.40. The Morgan fingerprint density at radius 1 is 1.04 bits per heavy atom. The Morgan fingerprint density at radius 2 is 1.86 bits per heavy atom. The lowest BCUT2D eigenvalue weighted by Gasteiger charge is -2.23. The third-order valence-electron chi connectivity index (χ3n) is 5.53. The topological polar surface area (TPSA) is 67.8 Å². The second-order valence-corrected chi connectivity index (χ2v) is 7.40. The van der Waals surface area contributed by atoms with Gasteiger partial charge in [0.2, 0.25) is 0 Å². The number of carbonyl (C=O) groups excluding carboxylic acids is 1. The van der Waals surface area contributed by atoms with Crippen LogP contribution in [0.1, 0.15) is 39.4 Å². The Labute approximate surface area is 161 Å². The van der Waals surface area contributed by atoms with Gasteiger partial charge in [-0.3, -0.25) is 14.7 Å². The lowest BCUT2D eigenvalue weighted by molar-refractivity contribution is 0.0964. The molecule has 0 spiro atoms. The van der Waals surface area contributed by atoms with E-state index in [2.05, 4.69) is 10.1 Å². The van der Waals surface area contributed by atoms with E-state index in [0.29, 0.717) is 29.4 Å². The molecule has 2 aromatic carbocycles. The van der Waals surface area contributed by atoms with Crippen LogP contribution in [0.5, 0.6) is 0 Å². The molecule has 1 aliphatic carbocycles. The normalized spacial score (nSPS) is 16.3. The average molecular weight is 369 g/mol. The van der Waals surface area contributed by atoms with E-state index in [-0.39, 0.29) is 17.3 Å². The molecule has 1 atom stereocenters. The van der Waals surface area contributed by atoms with Gasteiger partial charge in [0.1, 0.15) is 0 Å². The monoisotopic (exact) mass is 369 g/mol. The highest BCUT2D eigenvalue weighted by Crippen LogP contribution is 2.34. The molecule has 28 heavy (non-hydrogen) atoms. The van der Waals surface area contributed by atoms with E-state index in [9.17, 15) is 9.59 Å². The van der Waals surface area contributed by atoms with Crippen LogP contribution in [0.2, 0.25) is 0 Å². The van der Waals surface area contributed by atoms with Gasteiger partial charge in [-0.2, -0.15) is 0 Å². The third-order valence-corrected chi connectivity index (χ3v) is 5.53. The first-order valence-corrected chi connectivity index (χ1v) is 9.39. The number of aromatic amines is 1. The number of hydrogen-bond acceptors (Lipinski definition) is 3. The highest BCUT2D eigenvalue weighted by molar-refractivity contribution is 6.02. The van der Waals surface area contributed by atoms with Crippen LogP contribution in [-0.4, -0.2) is 20.5 Å². The van der Waals surface area contributed by atoms with Gasteiger partial charge in [-0.25, -0.2) is 9.67 Å².